The fraction of sp³-hybridized carbons (Fsp3) is 0.409. The molecule has 0 spiro atoms. The summed E-state index contributed by atoms with van der Waals surface area (Å²) in [4.78, 5) is 6.36. The number of aromatic amines is 1. The van der Waals surface area contributed by atoms with Gasteiger partial charge in [0, 0.05) is 49.7 Å². The lowest BCUT2D eigenvalue weighted by molar-refractivity contribution is -0.275. The molecule has 0 radical (unpaired) electrons. The van der Waals surface area contributed by atoms with Crippen LogP contribution in [0.5, 0.6) is 11.5 Å². The van der Waals surface area contributed by atoms with Crippen LogP contribution in [0.3, 0.4) is 0 Å². The zero-order chi connectivity index (χ0) is 45.9. The quantitative estimate of drug-likeness (QED) is 0.0792. The van der Waals surface area contributed by atoms with Crippen LogP contribution >= 0.6 is 11.6 Å². The Kier molecular flexibility index (Phi) is 18.4. The molecule has 2 fully saturated rings. The van der Waals surface area contributed by atoms with Gasteiger partial charge in [0.25, 0.3) is 0 Å². The maximum Gasteiger partial charge on any atom is 0.573 e. The summed E-state index contributed by atoms with van der Waals surface area (Å²) in [5.74, 6) is 1.29. The van der Waals surface area contributed by atoms with Crippen molar-refractivity contribution in [1.29, 1.82) is 0 Å². The lowest BCUT2D eigenvalue weighted by Gasteiger charge is -2.26. The molecule has 4 heterocycles. The number of tetrazole rings is 2. The minimum atomic E-state index is -4.70. The third-order valence-electron chi connectivity index (χ3n) is 10.1. The van der Waals surface area contributed by atoms with E-state index in [9.17, 15) is 26.3 Å². The minimum absolute atomic E-state index is 0.240. The Hall–Kier alpha value is -5.67. The van der Waals surface area contributed by atoms with Gasteiger partial charge in [-0.05, 0) is 89.2 Å². The predicted octanol–water partition coefficient (Wildman–Crippen LogP) is 7.86. The van der Waals surface area contributed by atoms with Crippen molar-refractivity contribution < 1.29 is 45.3 Å². The highest BCUT2D eigenvalue weighted by atomic mass is 35.5. The average molecular weight is 931 g/mol. The molecule has 4 aromatic carbocycles. The van der Waals surface area contributed by atoms with Crippen molar-refractivity contribution in [3.8, 4) is 34.3 Å². The number of aryl methyl sites for hydroxylation is 1. The number of benzene rings is 4. The molecule has 14 nitrogen and oxygen atoms in total. The van der Waals surface area contributed by atoms with Crippen LogP contribution in [0.2, 0.25) is 0 Å². The first-order chi connectivity index (χ1) is 31.4. The Labute approximate surface area is 376 Å². The standard InChI is InChI=1S/C22H24F3N5O2.C15H11F3N4O.C7H14ClNO/c23-22(24,25)32-19-8-6-17(7-9-19)16-18-4-1-2-5-20(18)21-26-28-30(27-21)11-3-10-29-12-14-31-15-13-29;16-15(17,18)23-12-7-5-10(6-8-12)9-11-3-1-2-4-13(11)14-19-21-22-20-14;8-2-1-3-9-4-6-10-7-5-9/h1-2,4-9H,3,10-16H2;1-8H,9H2,(H,19,20,21,22);1-7H2. The maximum atomic E-state index is 12.4. The molecule has 6 aromatic rings. The lowest BCUT2D eigenvalue weighted by Crippen LogP contribution is -2.37. The number of nitrogens with one attached hydrogen (secondary N) is 1. The molecule has 21 heteroatoms. The van der Waals surface area contributed by atoms with Gasteiger partial charge >= 0.3 is 12.7 Å². The summed E-state index contributed by atoms with van der Waals surface area (Å²) < 4.78 is 91.9. The van der Waals surface area contributed by atoms with E-state index in [4.69, 9.17) is 21.1 Å². The topological polar surface area (TPSA) is 141 Å². The van der Waals surface area contributed by atoms with Crippen LogP contribution in [-0.4, -0.2) is 135 Å². The van der Waals surface area contributed by atoms with E-state index in [0.29, 0.717) is 31.0 Å². The van der Waals surface area contributed by atoms with Gasteiger partial charge in [0.1, 0.15) is 11.5 Å². The molecule has 0 saturated carbocycles. The SMILES string of the molecule is ClCCCN1CCOCC1.FC(F)(F)Oc1ccc(Cc2ccccc2-c2nn[nH]n2)cc1.FC(F)(F)Oc1ccc(Cc2ccccc2-c2nnn(CCCN3CCOCC3)n2)cc1. The van der Waals surface area contributed by atoms with E-state index in [0.717, 1.165) is 118 Å². The van der Waals surface area contributed by atoms with Crippen molar-refractivity contribution in [3.63, 3.8) is 0 Å². The van der Waals surface area contributed by atoms with Gasteiger partial charge in [0.05, 0.1) is 33.0 Å². The zero-order valence-corrected chi connectivity index (χ0v) is 36.1. The fourth-order valence-electron chi connectivity index (χ4n) is 6.93. The summed E-state index contributed by atoms with van der Waals surface area (Å²) in [6.07, 6.45) is -6.32. The summed E-state index contributed by atoms with van der Waals surface area (Å²) >= 11 is 5.56. The number of morpholine rings is 2. The number of ether oxygens (including phenoxy) is 4. The van der Waals surface area contributed by atoms with Crippen LogP contribution < -0.4 is 9.47 Å². The minimum Gasteiger partial charge on any atom is -0.406 e. The summed E-state index contributed by atoms with van der Waals surface area (Å²) in [5, 5.41) is 26.7. The Morgan fingerprint density at radius 1 is 0.585 bits per heavy atom. The van der Waals surface area contributed by atoms with Crippen molar-refractivity contribution in [3.05, 3.63) is 119 Å². The van der Waals surface area contributed by atoms with Gasteiger partial charge in [-0.1, -0.05) is 72.8 Å². The average Bonchev–Trinajstić information content (AvgIpc) is 4.02. The second-order valence-corrected chi connectivity index (χ2v) is 15.2. The van der Waals surface area contributed by atoms with Crippen molar-refractivity contribution in [2.24, 2.45) is 0 Å². The van der Waals surface area contributed by atoms with Crippen LogP contribution in [0.15, 0.2) is 97.1 Å². The second kappa shape index (κ2) is 24.6. The van der Waals surface area contributed by atoms with Gasteiger partial charge in [0.15, 0.2) is 0 Å². The number of hydrogen-bond donors (Lipinski definition) is 1. The summed E-state index contributed by atoms with van der Waals surface area (Å²) in [7, 11) is 0. The second-order valence-electron chi connectivity index (χ2n) is 14.8. The lowest BCUT2D eigenvalue weighted by atomic mass is 9.99. The predicted molar refractivity (Wildman–Crippen MR) is 229 cm³/mol. The number of H-pyrrole nitrogens is 1. The van der Waals surface area contributed by atoms with Crippen LogP contribution in [0.1, 0.15) is 35.1 Å². The normalized spacial score (nSPS) is 14.8. The van der Waals surface area contributed by atoms with Gasteiger partial charge in [-0.15, -0.1) is 58.3 Å². The molecule has 2 aliphatic rings. The molecule has 348 valence electrons. The fourth-order valence-corrected chi connectivity index (χ4v) is 7.05. The third-order valence-corrected chi connectivity index (χ3v) is 10.3. The highest BCUT2D eigenvalue weighted by Crippen LogP contribution is 2.28. The molecule has 0 aliphatic carbocycles. The van der Waals surface area contributed by atoms with E-state index in [1.54, 1.807) is 29.1 Å². The maximum absolute atomic E-state index is 12.4. The number of halogens is 7. The van der Waals surface area contributed by atoms with Crippen molar-refractivity contribution in [2.75, 3.05) is 71.6 Å². The van der Waals surface area contributed by atoms with Crippen LogP contribution in [0.4, 0.5) is 26.3 Å². The van der Waals surface area contributed by atoms with Crippen molar-refractivity contribution in [2.45, 2.75) is 45.0 Å². The molecule has 8 rings (SSSR count). The molecular weight excluding hydrogens is 882 g/mol. The van der Waals surface area contributed by atoms with Gasteiger partial charge in [0.2, 0.25) is 11.6 Å². The Morgan fingerprint density at radius 3 is 1.52 bits per heavy atom. The van der Waals surface area contributed by atoms with Crippen molar-refractivity contribution >= 4 is 11.6 Å². The van der Waals surface area contributed by atoms with Gasteiger partial charge in [-0.25, -0.2) is 0 Å². The first kappa shape index (κ1) is 48.8. The van der Waals surface area contributed by atoms with Crippen LogP contribution in [-0.2, 0) is 28.9 Å². The van der Waals surface area contributed by atoms with E-state index in [2.05, 4.69) is 55.3 Å². The molecule has 0 atom stereocenters. The number of aromatic nitrogens is 8. The molecule has 1 N–H and O–H groups in total. The van der Waals surface area contributed by atoms with E-state index in [-0.39, 0.29) is 11.5 Å². The Morgan fingerprint density at radius 2 is 1.06 bits per heavy atom. The number of nitrogens with zero attached hydrogens (tertiary/aromatic N) is 9. The number of alkyl halides is 7. The first-order valence-electron chi connectivity index (χ1n) is 20.9. The molecule has 2 saturated heterocycles. The van der Waals surface area contributed by atoms with E-state index >= 15 is 0 Å². The highest BCUT2D eigenvalue weighted by molar-refractivity contribution is 6.17. The molecule has 0 bridgehead atoms. The van der Waals surface area contributed by atoms with Crippen LogP contribution in [0.25, 0.3) is 22.8 Å². The summed E-state index contributed by atoms with van der Waals surface area (Å²) in [6, 6.07) is 26.8. The van der Waals surface area contributed by atoms with E-state index in [1.165, 1.54) is 24.3 Å². The number of rotatable bonds is 15. The molecule has 0 amide bonds. The van der Waals surface area contributed by atoms with Crippen LogP contribution in [0, 0.1) is 0 Å². The molecule has 65 heavy (non-hydrogen) atoms. The van der Waals surface area contributed by atoms with Crippen molar-refractivity contribution in [1.82, 2.24) is 50.6 Å². The molecule has 2 aromatic heterocycles. The van der Waals surface area contributed by atoms with E-state index in [1.807, 2.05) is 48.5 Å². The molecule has 2 aliphatic heterocycles. The third kappa shape index (κ3) is 17.0. The van der Waals surface area contributed by atoms with Gasteiger partial charge in [-0.3, -0.25) is 9.80 Å². The first-order valence-corrected chi connectivity index (χ1v) is 21.5. The summed E-state index contributed by atoms with van der Waals surface area (Å²) in [6.45, 7) is 10.2. The zero-order valence-electron chi connectivity index (χ0n) is 35.4. The van der Waals surface area contributed by atoms with Gasteiger partial charge < -0.3 is 18.9 Å². The molecular formula is C44H49ClF6N10O4. The Balaban J connectivity index is 0.000000184. The van der Waals surface area contributed by atoms with Gasteiger partial charge in [-0.2, -0.15) is 10.0 Å². The smallest absolute Gasteiger partial charge is 0.406 e. The van der Waals surface area contributed by atoms with E-state index < -0.39 is 12.7 Å². The largest absolute Gasteiger partial charge is 0.573 e. The number of hydrogen-bond acceptors (Lipinski definition) is 12. The monoisotopic (exact) mass is 930 g/mol. The molecule has 0 unspecified atom stereocenters. The highest BCUT2D eigenvalue weighted by Gasteiger charge is 2.31. The Bertz CT molecular complexity index is 2270. The summed E-state index contributed by atoms with van der Waals surface area (Å²) in [5.41, 5.74) is 5.27.